The number of nitrogens with zero attached hydrogens (tertiary/aromatic N) is 3. The number of carbonyl (C=O) groups is 2. The first-order chi connectivity index (χ1) is 15.1. The van der Waals surface area contributed by atoms with Crippen LogP contribution in [-0.4, -0.2) is 64.4 Å². The van der Waals surface area contributed by atoms with Crippen molar-refractivity contribution in [1.82, 2.24) is 19.8 Å². The number of hydrogen-bond acceptors (Lipinski definition) is 4. The zero-order chi connectivity index (χ0) is 21.8. The number of para-hydroxylation sites is 1. The second kappa shape index (κ2) is 9.20. The van der Waals surface area contributed by atoms with Gasteiger partial charge in [0.25, 0.3) is 11.8 Å². The van der Waals surface area contributed by atoms with Gasteiger partial charge in [-0.1, -0.05) is 32.0 Å². The number of aromatic nitrogens is 2. The average Bonchev–Trinajstić information content (AvgIpc) is 3.30. The molecule has 162 valence electrons. The SMILES string of the molecule is CCC(C)c1ccccc1OCC(=O)N1CCN(C(=O)c2ccc3nc[nH]c3c2)CC1. The fourth-order valence-corrected chi connectivity index (χ4v) is 3.88. The number of ether oxygens (including phenoxy) is 1. The number of fused-ring (bicyclic) bond motifs is 1. The normalized spacial score (nSPS) is 15.2. The molecule has 7 heteroatoms. The van der Waals surface area contributed by atoms with Crippen molar-refractivity contribution < 1.29 is 14.3 Å². The number of piperazine rings is 1. The molecule has 7 nitrogen and oxygen atoms in total. The molecule has 0 radical (unpaired) electrons. The summed E-state index contributed by atoms with van der Waals surface area (Å²) in [5.74, 6) is 1.07. The van der Waals surface area contributed by atoms with Crippen molar-refractivity contribution in [2.75, 3.05) is 32.8 Å². The summed E-state index contributed by atoms with van der Waals surface area (Å²) in [4.78, 5) is 36.3. The first-order valence-electron chi connectivity index (χ1n) is 10.8. The highest BCUT2D eigenvalue weighted by molar-refractivity contribution is 5.97. The van der Waals surface area contributed by atoms with Crippen molar-refractivity contribution in [1.29, 1.82) is 0 Å². The molecule has 1 aliphatic rings. The molecule has 1 saturated heterocycles. The van der Waals surface area contributed by atoms with Gasteiger partial charge < -0.3 is 19.5 Å². The maximum atomic E-state index is 12.8. The van der Waals surface area contributed by atoms with Gasteiger partial charge in [-0.25, -0.2) is 4.98 Å². The third-order valence-corrected chi connectivity index (χ3v) is 6.00. The van der Waals surface area contributed by atoms with Gasteiger partial charge in [-0.2, -0.15) is 0 Å². The lowest BCUT2D eigenvalue weighted by Gasteiger charge is -2.34. The molecule has 1 fully saturated rings. The Kier molecular flexibility index (Phi) is 6.21. The summed E-state index contributed by atoms with van der Waals surface area (Å²) in [5, 5.41) is 0. The molecule has 1 aromatic heterocycles. The summed E-state index contributed by atoms with van der Waals surface area (Å²) in [5.41, 5.74) is 3.43. The van der Waals surface area contributed by atoms with Crippen molar-refractivity contribution in [3.05, 3.63) is 59.9 Å². The van der Waals surface area contributed by atoms with Crippen LogP contribution in [0.1, 0.15) is 42.1 Å². The van der Waals surface area contributed by atoms with Gasteiger partial charge >= 0.3 is 0 Å². The van der Waals surface area contributed by atoms with Gasteiger partial charge in [0, 0.05) is 31.7 Å². The molecule has 1 unspecified atom stereocenters. The van der Waals surface area contributed by atoms with Crippen LogP contribution in [0.2, 0.25) is 0 Å². The molecule has 0 saturated carbocycles. The number of amides is 2. The molecule has 2 amide bonds. The topological polar surface area (TPSA) is 78.5 Å². The van der Waals surface area contributed by atoms with Crippen LogP contribution in [-0.2, 0) is 4.79 Å². The van der Waals surface area contributed by atoms with Crippen molar-refractivity contribution in [2.24, 2.45) is 0 Å². The number of imidazole rings is 1. The van der Waals surface area contributed by atoms with E-state index < -0.39 is 0 Å². The van der Waals surface area contributed by atoms with Crippen molar-refractivity contribution in [3.8, 4) is 5.75 Å². The molecule has 31 heavy (non-hydrogen) atoms. The molecule has 3 aromatic rings. The van der Waals surface area contributed by atoms with E-state index in [-0.39, 0.29) is 18.4 Å². The molecule has 2 heterocycles. The van der Waals surface area contributed by atoms with Gasteiger partial charge in [-0.15, -0.1) is 0 Å². The zero-order valence-electron chi connectivity index (χ0n) is 18.0. The Balaban J connectivity index is 1.31. The van der Waals surface area contributed by atoms with Crippen LogP contribution in [0.5, 0.6) is 5.75 Å². The Hall–Kier alpha value is -3.35. The van der Waals surface area contributed by atoms with Gasteiger partial charge in [-0.3, -0.25) is 9.59 Å². The number of nitrogens with one attached hydrogen (secondary N) is 1. The molecule has 0 spiro atoms. The Bertz CT molecular complexity index is 1070. The predicted molar refractivity (Wildman–Crippen MR) is 119 cm³/mol. The van der Waals surface area contributed by atoms with Crippen LogP contribution in [0, 0.1) is 0 Å². The largest absolute Gasteiger partial charge is 0.483 e. The van der Waals surface area contributed by atoms with Gasteiger partial charge in [0.15, 0.2) is 6.61 Å². The summed E-state index contributed by atoms with van der Waals surface area (Å²) < 4.78 is 5.87. The summed E-state index contributed by atoms with van der Waals surface area (Å²) in [7, 11) is 0. The summed E-state index contributed by atoms with van der Waals surface area (Å²) in [6.45, 7) is 6.34. The molecule has 1 atom stereocenters. The highest BCUT2D eigenvalue weighted by atomic mass is 16.5. The third kappa shape index (κ3) is 4.55. The number of H-pyrrole nitrogens is 1. The number of hydrogen-bond donors (Lipinski definition) is 1. The predicted octanol–water partition coefficient (Wildman–Crippen LogP) is 3.44. The summed E-state index contributed by atoms with van der Waals surface area (Å²) in [6, 6.07) is 13.4. The maximum absolute atomic E-state index is 12.8. The molecule has 1 N–H and O–H groups in total. The van der Waals surface area contributed by atoms with E-state index in [2.05, 4.69) is 29.9 Å². The Labute approximate surface area is 182 Å². The Morgan fingerprint density at radius 2 is 1.84 bits per heavy atom. The Morgan fingerprint density at radius 1 is 1.10 bits per heavy atom. The summed E-state index contributed by atoms with van der Waals surface area (Å²) >= 11 is 0. The molecule has 0 aliphatic carbocycles. The van der Waals surface area contributed by atoms with E-state index in [0.29, 0.717) is 37.7 Å². The van der Waals surface area contributed by atoms with Crippen LogP contribution in [0.4, 0.5) is 0 Å². The average molecular weight is 421 g/mol. The van der Waals surface area contributed by atoms with Crippen LogP contribution in [0.3, 0.4) is 0 Å². The molecule has 4 rings (SSSR count). The molecule has 2 aromatic carbocycles. The van der Waals surface area contributed by atoms with Crippen LogP contribution in [0.25, 0.3) is 11.0 Å². The fourth-order valence-electron chi connectivity index (χ4n) is 3.88. The molecule has 0 bridgehead atoms. The highest BCUT2D eigenvalue weighted by Gasteiger charge is 2.25. The number of aromatic amines is 1. The minimum Gasteiger partial charge on any atom is -0.483 e. The van der Waals surface area contributed by atoms with Crippen LogP contribution >= 0.6 is 0 Å². The quantitative estimate of drug-likeness (QED) is 0.663. The van der Waals surface area contributed by atoms with E-state index in [1.807, 2.05) is 30.3 Å². The number of carbonyl (C=O) groups excluding carboxylic acids is 2. The van der Waals surface area contributed by atoms with Crippen LogP contribution in [0.15, 0.2) is 48.8 Å². The second-order valence-electron chi connectivity index (χ2n) is 7.94. The smallest absolute Gasteiger partial charge is 0.260 e. The van der Waals surface area contributed by atoms with E-state index >= 15 is 0 Å². The van der Waals surface area contributed by atoms with Gasteiger partial charge in [0.05, 0.1) is 17.4 Å². The minimum absolute atomic E-state index is 0.0118. The van der Waals surface area contributed by atoms with Crippen LogP contribution < -0.4 is 4.74 Å². The van der Waals surface area contributed by atoms with E-state index in [9.17, 15) is 9.59 Å². The standard InChI is InChI=1S/C24H28N4O3/c1-3-17(2)19-6-4-5-7-22(19)31-15-23(29)27-10-12-28(13-11-27)24(30)18-8-9-20-21(14-18)26-16-25-20/h4-9,14,16-17H,3,10-13,15H2,1-2H3,(H,25,26). The van der Waals surface area contributed by atoms with Crippen molar-refractivity contribution in [3.63, 3.8) is 0 Å². The summed E-state index contributed by atoms with van der Waals surface area (Å²) in [6.07, 6.45) is 2.63. The minimum atomic E-state index is -0.0510. The lowest BCUT2D eigenvalue weighted by molar-refractivity contribution is -0.134. The molecule has 1 aliphatic heterocycles. The molecular weight excluding hydrogens is 392 g/mol. The fraction of sp³-hybridized carbons (Fsp3) is 0.375. The van der Waals surface area contributed by atoms with E-state index in [0.717, 1.165) is 28.8 Å². The lowest BCUT2D eigenvalue weighted by Crippen LogP contribution is -2.51. The number of benzene rings is 2. The van der Waals surface area contributed by atoms with Crippen molar-refractivity contribution >= 4 is 22.8 Å². The van der Waals surface area contributed by atoms with Gasteiger partial charge in [0.1, 0.15) is 5.75 Å². The Morgan fingerprint density at radius 3 is 2.61 bits per heavy atom. The highest BCUT2D eigenvalue weighted by Crippen LogP contribution is 2.28. The first kappa shape index (κ1) is 20.9. The monoisotopic (exact) mass is 420 g/mol. The second-order valence-corrected chi connectivity index (χ2v) is 7.94. The van der Waals surface area contributed by atoms with Gasteiger partial charge in [-0.05, 0) is 42.2 Å². The third-order valence-electron chi connectivity index (χ3n) is 6.00. The lowest BCUT2D eigenvalue weighted by atomic mass is 9.98. The van der Waals surface area contributed by atoms with Gasteiger partial charge in [0.2, 0.25) is 0 Å². The maximum Gasteiger partial charge on any atom is 0.260 e. The van der Waals surface area contributed by atoms with E-state index in [1.54, 1.807) is 22.2 Å². The number of rotatable bonds is 6. The first-order valence-corrected chi connectivity index (χ1v) is 10.8. The van der Waals surface area contributed by atoms with Crippen molar-refractivity contribution in [2.45, 2.75) is 26.2 Å². The zero-order valence-corrected chi connectivity index (χ0v) is 18.0. The van der Waals surface area contributed by atoms with E-state index in [1.165, 1.54) is 0 Å². The molecular formula is C24H28N4O3. The van der Waals surface area contributed by atoms with E-state index in [4.69, 9.17) is 4.74 Å².